The number of quaternary nitrogens is 1. The topological polar surface area (TPSA) is 59.5 Å². The lowest BCUT2D eigenvalue weighted by molar-refractivity contribution is -0.885. The second-order valence-electron chi connectivity index (χ2n) is 8.05. The van der Waals surface area contributed by atoms with E-state index in [4.69, 9.17) is 14.3 Å². The minimum absolute atomic E-state index is 0.0190. The fourth-order valence-electron chi connectivity index (χ4n) is 3.86. The molecule has 1 aliphatic heterocycles. The monoisotopic (exact) mass is 418 g/mol. The molecule has 0 aliphatic carbocycles. The van der Waals surface area contributed by atoms with Crippen LogP contribution in [0.5, 0.6) is 5.75 Å². The number of ether oxygens (including phenoxy) is 1. The predicted molar refractivity (Wildman–Crippen MR) is 119 cm³/mol. The molecule has 6 heteroatoms. The van der Waals surface area contributed by atoms with Crippen LogP contribution in [0.25, 0.3) is 0 Å². The number of hydrogen-bond donors (Lipinski definition) is 1. The third-order valence-electron chi connectivity index (χ3n) is 5.54. The van der Waals surface area contributed by atoms with Crippen molar-refractivity contribution >= 4 is 11.6 Å². The van der Waals surface area contributed by atoms with E-state index in [-0.39, 0.29) is 11.9 Å². The molecule has 1 aliphatic rings. The number of likely N-dealkylation sites (N-methyl/N-ethyl adjacent to an activating group) is 1. The Labute approximate surface area is 182 Å². The Morgan fingerprint density at radius 2 is 1.90 bits per heavy atom. The molecule has 2 atom stereocenters. The van der Waals surface area contributed by atoms with E-state index in [0.717, 1.165) is 39.8 Å². The lowest BCUT2D eigenvalue weighted by Gasteiger charge is -2.21. The second kappa shape index (κ2) is 9.18. The summed E-state index contributed by atoms with van der Waals surface area (Å²) < 4.78 is 10.9. The van der Waals surface area contributed by atoms with Gasteiger partial charge >= 0.3 is 0 Å². The Balaban J connectivity index is 1.49. The summed E-state index contributed by atoms with van der Waals surface area (Å²) in [6.45, 7) is 3.14. The Kier molecular flexibility index (Phi) is 6.18. The van der Waals surface area contributed by atoms with Gasteiger partial charge in [-0.15, -0.1) is 0 Å². The lowest BCUT2D eigenvalue weighted by Crippen LogP contribution is -3.08. The molecule has 3 aromatic rings. The molecule has 0 radical (unpaired) electrons. The maximum Gasteiger partial charge on any atom is 0.298 e. The zero-order valence-electron chi connectivity index (χ0n) is 18.2. The smallest absolute Gasteiger partial charge is 0.298 e. The number of benzene rings is 2. The van der Waals surface area contributed by atoms with Crippen LogP contribution in [-0.2, 0) is 11.3 Å². The number of methoxy groups -OCH3 is 1. The summed E-state index contributed by atoms with van der Waals surface area (Å²) in [5.74, 6) is 1.57. The minimum Gasteiger partial charge on any atom is -0.497 e. The van der Waals surface area contributed by atoms with Crippen molar-refractivity contribution < 1.29 is 18.8 Å². The van der Waals surface area contributed by atoms with E-state index in [1.165, 1.54) is 5.56 Å². The average Bonchev–Trinajstić information content (AvgIpc) is 3.45. The number of amides is 1. The molecule has 1 amide bonds. The van der Waals surface area contributed by atoms with Gasteiger partial charge in [0.2, 0.25) is 0 Å². The van der Waals surface area contributed by atoms with Crippen LogP contribution in [0.15, 0.2) is 76.4 Å². The molecule has 1 unspecified atom stereocenters. The van der Waals surface area contributed by atoms with Crippen LogP contribution in [0, 0.1) is 6.92 Å². The lowest BCUT2D eigenvalue weighted by atomic mass is 10.0. The summed E-state index contributed by atoms with van der Waals surface area (Å²) in [6, 6.07) is 19.7. The molecule has 4 rings (SSSR count). The van der Waals surface area contributed by atoms with Crippen LogP contribution < -0.4 is 9.64 Å². The van der Waals surface area contributed by atoms with E-state index in [9.17, 15) is 4.79 Å². The van der Waals surface area contributed by atoms with Gasteiger partial charge in [0.1, 0.15) is 24.1 Å². The number of rotatable bonds is 7. The third-order valence-corrected chi connectivity index (χ3v) is 5.54. The van der Waals surface area contributed by atoms with E-state index in [2.05, 4.69) is 31.2 Å². The van der Waals surface area contributed by atoms with E-state index in [0.29, 0.717) is 13.0 Å². The van der Waals surface area contributed by atoms with Crippen LogP contribution in [0.3, 0.4) is 0 Å². The van der Waals surface area contributed by atoms with E-state index >= 15 is 0 Å². The normalized spacial score (nSPS) is 16.8. The van der Waals surface area contributed by atoms with Gasteiger partial charge in [-0.2, -0.15) is 5.10 Å². The number of aryl methyl sites for hydroxylation is 1. The first-order chi connectivity index (χ1) is 15.0. The minimum atomic E-state index is -0.215. The second-order valence-corrected chi connectivity index (χ2v) is 8.05. The standard InChI is InChI=1S/C25H27N3O3/c1-18-6-10-20(11-7-18)22-15-23(24-5-4-14-31-24)28(26-22)25(29)17-27(2)16-19-8-12-21(30-3)13-9-19/h4-14,23H,15-17H2,1-3H3/p+1/t23-/m1/s1. The summed E-state index contributed by atoms with van der Waals surface area (Å²) in [4.78, 5) is 14.3. The largest absolute Gasteiger partial charge is 0.497 e. The first-order valence-electron chi connectivity index (χ1n) is 10.5. The van der Waals surface area contributed by atoms with Crippen LogP contribution in [0.2, 0.25) is 0 Å². The summed E-state index contributed by atoms with van der Waals surface area (Å²) in [7, 11) is 3.67. The third kappa shape index (κ3) is 4.86. The first kappa shape index (κ1) is 20.9. The highest BCUT2D eigenvalue weighted by molar-refractivity contribution is 6.03. The molecule has 2 aromatic carbocycles. The molecule has 2 heterocycles. The molecular weight excluding hydrogens is 390 g/mol. The van der Waals surface area contributed by atoms with Gasteiger partial charge in [-0.3, -0.25) is 4.79 Å². The van der Waals surface area contributed by atoms with Crippen LogP contribution >= 0.6 is 0 Å². The highest BCUT2D eigenvalue weighted by atomic mass is 16.5. The first-order valence-corrected chi connectivity index (χ1v) is 10.5. The predicted octanol–water partition coefficient (Wildman–Crippen LogP) is 2.99. The number of carbonyl (C=O) groups is 1. The molecule has 0 spiro atoms. The highest BCUT2D eigenvalue weighted by Crippen LogP contribution is 2.32. The van der Waals surface area contributed by atoms with Gasteiger partial charge in [-0.1, -0.05) is 29.8 Å². The summed E-state index contributed by atoms with van der Waals surface area (Å²) >= 11 is 0. The summed E-state index contributed by atoms with van der Waals surface area (Å²) in [5.41, 5.74) is 4.29. The zero-order valence-corrected chi connectivity index (χ0v) is 18.2. The molecular formula is C25H28N3O3+. The van der Waals surface area contributed by atoms with Gasteiger partial charge < -0.3 is 14.1 Å². The Morgan fingerprint density at radius 3 is 2.55 bits per heavy atom. The molecule has 0 bridgehead atoms. The summed E-state index contributed by atoms with van der Waals surface area (Å²) in [5, 5.41) is 6.32. The zero-order chi connectivity index (χ0) is 21.8. The number of hydrazone groups is 1. The number of nitrogens with one attached hydrogen (secondary N) is 1. The van der Waals surface area contributed by atoms with Crippen molar-refractivity contribution in [3.8, 4) is 5.75 Å². The van der Waals surface area contributed by atoms with Crippen LogP contribution in [-0.4, -0.2) is 37.3 Å². The van der Waals surface area contributed by atoms with Gasteiger partial charge in [0, 0.05) is 12.0 Å². The number of nitrogens with zero attached hydrogens (tertiary/aromatic N) is 2. The quantitative estimate of drug-likeness (QED) is 0.642. The van der Waals surface area contributed by atoms with Crippen molar-refractivity contribution in [3.63, 3.8) is 0 Å². The maximum atomic E-state index is 13.2. The Hall–Kier alpha value is -3.38. The van der Waals surface area contributed by atoms with Crippen molar-refractivity contribution in [3.05, 3.63) is 89.4 Å². The van der Waals surface area contributed by atoms with Crippen molar-refractivity contribution in [2.45, 2.75) is 25.9 Å². The van der Waals surface area contributed by atoms with Crippen LogP contribution in [0.1, 0.15) is 34.9 Å². The maximum absolute atomic E-state index is 13.2. The van der Waals surface area contributed by atoms with Crippen molar-refractivity contribution in [2.75, 3.05) is 20.7 Å². The van der Waals surface area contributed by atoms with Gasteiger partial charge in [0.15, 0.2) is 6.54 Å². The number of carbonyl (C=O) groups excluding carboxylic acids is 1. The van der Waals surface area contributed by atoms with Gasteiger partial charge in [0.25, 0.3) is 5.91 Å². The Morgan fingerprint density at radius 1 is 1.16 bits per heavy atom. The van der Waals surface area contributed by atoms with Crippen molar-refractivity contribution in [2.24, 2.45) is 5.10 Å². The molecule has 0 saturated carbocycles. The Bertz CT molecular complexity index is 1040. The van der Waals surface area contributed by atoms with Gasteiger partial charge in [-0.25, -0.2) is 5.01 Å². The fraction of sp³-hybridized carbons (Fsp3) is 0.280. The van der Waals surface area contributed by atoms with Gasteiger partial charge in [-0.05, 0) is 48.9 Å². The highest BCUT2D eigenvalue weighted by Gasteiger charge is 2.35. The number of hydrogen-bond acceptors (Lipinski definition) is 4. The van der Waals surface area contributed by atoms with E-state index < -0.39 is 0 Å². The molecule has 0 saturated heterocycles. The fourth-order valence-corrected chi connectivity index (χ4v) is 3.86. The molecule has 0 fully saturated rings. The van der Waals surface area contributed by atoms with Crippen LogP contribution in [0.4, 0.5) is 0 Å². The molecule has 160 valence electrons. The van der Waals surface area contributed by atoms with Crippen molar-refractivity contribution in [1.82, 2.24) is 5.01 Å². The molecule has 1 N–H and O–H groups in total. The van der Waals surface area contributed by atoms with Crippen molar-refractivity contribution in [1.29, 1.82) is 0 Å². The number of furan rings is 1. The molecule has 1 aromatic heterocycles. The average molecular weight is 419 g/mol. The van der Waals surface area contributed by atoms with Gasteiger partial charge in [0.05, 0.1) is 26.1 Å². The van der Waals surface area contributed by atoms with E-state index in [1.54, 1.807) is 18.4 Å². The molecule has 6 nitrogen and oxygen atoms in total. The molecule has 31 heavy (non-hydrogen) atoms. The van der Waals surface area contributed by atoms with E-state index in [1.807, 2.05) is 43.4 Å². The SMILES string of the molecule is COc1ccc(C[NH+](C)CC(=O)N2N=C(c3ccc(C)cc3)C[C@@H]2c2ccco2)cc1. The summed E-state index contributed by atoms with van der Waals surface area (Å²) in [6.07, 6.45) is 2.28.